The highest BCUT2D eigenvalue weighted by atomic mass is 16.7. The van der Waals surface area contributed by atoms with Crippen LogP contribution in [-0.2, 0) is 12.8 Å². The van der Waals surface area contributed by atoms with E-state index in [1.165, 1.54) is 66.2 Å². The van der Waals surface area contributed by atoms with Gasteiger partial charge in [-0.05, 0) is 72.9 Å². The summed E-state index contributed by atoms with van der Waals surface area (Å²) in [5.41, 5.74) is 5.59. The Kier molecular flexibility index (Phi) is 5.11. The molecule has 6 rings (SSSR count). The summed E-state index contributed by atoms with van der Waals surface area (Å²) in [6.07, 6.45) is 12.6. The van der Waals surface area contributed by atoms with Crippen molar-refractivity contribution in [2.75, 3.05) is 19.9 Å². The quantitative estimate of drug-likeness (QED) is 0.553. The van der Waals surface area contributed by atoms with Crippen LogP contribution in [0, 0.1) is 5.92 Å². The van der Waals surface area contributed by atoms with Crippen molar-refractivity contribution in [2.24, 2.45) is 5.92 Å². The minimum absolute atomic E-state index is 0.351. The lowest BCUT2D eigenvalue weighted by Crippen LogP contribution is -2.39. The van der Waals surface area contributed by atoms with Gasteiger partial charge in [-0.1, -0.05) is 37.5 Å². The predicted octanol–water partition coefficient (Wildman–Crippen LogP) is 6.01. The van der Waals surface area contributed by atoms with Crippen LogP contribution in [0.3, 0.4) is 0 Å². The molecule has 0 bridgehead atoms. The summed E-state index contributed by atoms with van der Waals surface area (Å²) in [6.45, 7) is 2.75. The van der Waals surface area contributed by atoms with Gasteiger partial charge in [0.05, 0.1) is 0 Å². The molecule has 2 aromatic carbocycles. The number of fused-ring (bicyclic) bond motifs is 3. The molecule has 1 atom stereocenters. The maximum absolute atomic E-state index is 5.76. The fourth-order valence-electron chi connectivity index (χ4n) is 6.03. The van der Waals surface area contributed by atoms with E-state index < -0.39 is 0 Å². The molecule has 0 radical (unpaired) electrons. The third kappa shape index (κ3) is 3.71. The number of hydrogen-bond donors (Lipinski definition) is 1. The number of aromatic nitrogens is 1. The van der Waals surface area contributed by atoms with Gasteiger partial charge in [0.1, 0.15) is 0 Å². The average Bonchev–Trinajstić information content (AvgIpc) is 3.44. The van der Waals surface area contributed by atoms with E-state index in [1.807, 2.05) is 0 Å². The second kappa shape index (κ2) is 8.23. The summed E-state index contributed by atoms with van der Waals surface area (Å²) >= 11 is 0. The first-order chi connectivity index (χ1) is 15.3. The van der Waals surface area contributed by atoms with E-state index in [1.54, 1.807) is 0 Å². The normalized spacial score (nSPS) is 21.5. The third-order valence-electron chi connectivity index (χ3n) is 7.68. The Hall–Kier alpha value is -2.46. The van der Waals surface area contributed by atoms with Gasteiger partial charge in [0.25, 0.3) is 0 Å². The number of benzene rings is 2. The number of H-pyrrole nitrogens is 1. The van der Waals surface area contributed by atoms with E-state index in [0.29, 0.717) is 12.8 Å². The maximum Gasteiger partial charge on any atom is 0.231 e. The number of nitrogens with zero attached hydrogens (tertiary/aromatic N) is 1. The highest BCUT2D eigenvalue weighted by Gasteiger charge is 2.31. The summed E-state index contributed by atoms with van der Waals surface area (Å²) in [6, 6.07) is 13.6. The molecule has 0 spiro atoms. The molecule has 0 saturated heterocycles. The zero-order chi connectivity index (χ0) is 20.6. The fourth-order valence-corrected chi connectivity index (χ4v) is 6.03. The molecule has 0 amide bonds. The van der Waals surface area contributed by atoms with Crippen LogP contribution in [0.4, 0.5) is 0 Å². The van der Waals surface area contributed by atoms with Crippen LogP contribution in [0.2, 0.25) is 0 Å². The number of hydrogen-bond acceptors (Lipinski definition) is 3. The van der Waals surface area contributed by atoms with Crippen molar-refractivity contribution < 1.29 is 9.47 Å². The van der Waals surface area contributed by atoms with Gasteiger partial charge >= 0.3 is 0 Å². The van der Waals surface area contributed by atoms with E-state index >= 15 is 0 Å². The first kappa shape index (κ1) is 19.2. The zero-order valence-corrected chi connectivity index (χ0v) is 18.2. The van der Waals surface area contributed by atoms with Gasteiger partial charge < -0.3 is 14.5 Å². The molecule has 1 saturated carbocycles. The summed E-state index contributed by atoms with van der Waals surface area (Å²) in [5, 5.41) is 1.36. The number of rotatable bonds is 5. The van der Waals surface area contributed by atoms with E-state index in [0.717, 1.165) is 43.2 Å². The first-order valence-electron chi connectivity index (χ1n) is 12.1. The molecule has 1 fully saturated rings. The summed E-state index contributed by atoms with van der Waals surface area (Å²) < 4.78 is 11.4. The standard InChI is InChI=1S/C27H32N2O2/c1-2-6-19(7-3-1)17-29-13-12-20-14-26-27(31-18-30-26)15-23(20)25(29)11-10-21-16-28-24-9-5-4-8-22(21)24/h4-5,8-9,14-16,19,25,28H,1-3,6-7,10-13,17-18H2. The molecule has 1 aromatic heterocycles. The topological polar surface area (TPSA) is 37.5 Å². The van der Waals surface area contributed by atoms with E-state index in [9.17, 15) is 0 Å². The van der Waals surface area contributed by atoms with E-state index in [2.05, 4.69) is 52.5 Å². The predicted molar refractivity (Wildman–Crippen MR) is 124 cm³/mol. The third-order valence-corrected chi connectivity index (χ3v) is 7.68. The molecule has 1 aliphatic carbocycles. The molecule has 3 aliphatic rings. The monoisotopic (exact) mass is 416 g/mol. The van der Waals surface area contributed by atoms with Crippen LogP contribution in [0.1, 0.15) is 61.3 Å². The Balaban J connectivity index is 1.29. The summed E-state index contributed by atoms with van der Waals surface area (Å²) in [7, 11) is 0. The summed E-state index contributed by atoms with van der Waals surface area (Å²) in [4.78, 5) is 6.24. The molecule has 162 valence electrons. The molecule has 3 heterocycles. The average molecular weight is 417 g/mol. The molecule has 2 aliphatic heterocycles. The smallest absolute Gasteiger partial charge is 0.231 e. The van der Waals surface area contributed by atoms with Crippen molar-refractivity contribution >= 4 is 10.9 Å². The number of aryl methyl sites for hydroxylation is 1. The lowest BCUT2D eigenvalue weighted by Gasteiger charge is -2.40. The largest absolute Gasteiger partial charge is 0.454 e. The van der Waals surface area contributed by atoms with Gasteiger partial charge in [0.15, 0.2) is 11.5 Å². The van der Waals surface area contributed by atoms with Gasteiger partial charge in [-0.15, -0.1) is 0 Å². The highest BCUT2D eigenvalue weighted by molar-refractivity contribution is 5.83. The van der Waals surface area contributed by atoms with Gasteiger partial charge in [-0.2, -0.15) is 0 Å². The van der Waals surface area contributed by atoms with Crippen molar-refractivity contribution in [2.45, 2.75) is 57.4 Å². The van der Waals surface area contributed by atoms with Crippen molar-refractivity contribution in [3.8, 4) is 11.5 Å². The lowest BCUT2D eigenvalue weighted by atomic mass is 9.85. The van der Waals surface area contributed by atoms with Gasteiger partial charge in [0.2, 0.25) is 6.79 Å². The SMILES string of the molecule is c1ccc2c(CCC3c4cc5c(cc4CCN3CC3CCCCC3)OCO5)c[nH]c2c1. The molecule has 3 aromatic rings. The molecular formula is C27H32N2O2. The molecule has 1 unspecified atom stereocenters. The van der Waals surface area contributed by atoms with Crippen LogP contribution in [0.25, 0.3) is 10.9 Å². The van der Waals surface area contributed by atoms with E-state index in [4.69, 9.17) is 9.47 Å². The Labute approximate surface area is 184 Å². The molecular weight excluding hydrogens is 384 g/mol. The van der Waals surface area contributed by atoms with Crippen LogP contribution in [-0.4, -0.2) is 29.8 Å². The molecule has 4 nitrogen and oxygen atoms in total. The van der Waals surface area contributed by atoms with Gasteiger partial charge in [-0.3, -0.25) is 4.90 Å². The Bertz CT molecular complexity index is 1070. The van der Waals surface area contributed by atoms with Crippen LogP contribution in [0.5, 0.6) is 11.5 Å². The minimum Gasteiger partial charge on any atom is -0.454 e. The fraction of sp³-hybridized carbons (Fsp3) is 0.481. The van der Waals surface area contributed by atoms with Crippen molar-refractivity contribution in [1.82, 2.24) is 9.88 Å². The van der Waals surface area contributed by atoms with Crippen LogP contribution >= 0.6 is 0 Å². The van der Waals surface area contributed by atoms with Crippen LogP contribution < -0.4 is 9.47 Å². The second-order valence-electron chi connectivity index (χ2n) is 9.57. The highest BCUT2D eigenvalue weighted by Crippen LogP contribution is 2.42. The lowest BCUT2D eigenvalue weighted by molar-refractivity contribution is 0.133. The molecule has 31 heavy (non-hydrogen) atoms. The van der Waals surface area contributed by atoms with Gasteiger partial charge in [0, 0.05) is 36.2 Å². The Morgan fingerprint density at radius 1 is 1.00 bits per heavy atom. The minimum atomic E-state index is 0.351. The zero-order valence-electron chi connectivity index (χ0n) is 18.2. The van der Waals surface area contributed by atoms with Crippen molar-refractivity contribution in [1.29, 1.82) is 0 Å². The van der Waals surface area contributed by atoms with Crippen molar-refractivity contribution in [3.05, 3.63) is 59.3 Å². The first-order valence-corrected chi connectivity index (χ1v) is 12.1. The summed E-state index contributed by atoms with van der Waals surface area (Å²) in [5.74, 6) is 2.71. The maximum atomic E-state index is 5.76. The second-order valence-corrected chi connectivity index (χ2v) is 9.57. The number of para-hydroxylation sites is 1. The number of nitrogens with one attached hydrogen (secondary N) is 1. The Morgan fingerprint density at radius 2 is 1.84 bits per heavy atom. The number of ether oxygens (including phenoxy) is 2. The van der Waals surface area contributed by atoms with Crippen molar-refractivity contribution in [3.63, 3.8) is 0 Å². The Morgan fingerprint density at radius 3 is 2.74 bits per heavy atom. The van der Waals surface area contributed by atoms with E-state index in [-0.39, 0.29) is 0 Å². The molecule has 4 heteroatoms. The van der Waals surface area contributed by atoms with Crippen LogP contribution in [0.15, 0.2) is 42.6 Å². The molecule has 1 N–H and O–H groups in total. The number of aromatic amines is 1. The van der Waals surface area contributed by atoms with Gasteiger partial charge in [-0.25, -0.2) is 0 Å².